The molecule has 1 amide bonds. The number of hydrogen-bond donors (Lipinski definition) is 1. The quantitative estimate of drug-likeness (QED) is 0.367. The third-order valence-electron chi connectivity index (χ3n) is 5.48. The number of nitrogens with zero attached hydrogens (tertiary/aromatic N) is 5. The van der Waals surface area contributed by atoms with E-state index < -0.39 is 0 Å². The maximum atomic E-state index is 13.2. The fourth-order valence-electron chi connectivity index (χ4n) is 3.79. The number of nitrogens with one attached hydrogen (secondary N) is 1. The molecule has 0 bridgehead atoms. The summed E-state index contributed by atoms with van der Waals surface area (Å²) in [7, 11) is 1.58. The molecule has 0 aliphatic rings. The normalized spacial score (nSPS) is 10.7. The smallest absolute Gasteiger partial charge is 0.259 e. The molecule has 0 spiro atoms. The van der Waals surface area contributed by atoms with Gasteiger partial charge in [0.05, 0.1) is 42.4 Å². The number of hydrogen-bond acceptors (Lipinski definition) is 8. The number of nitriles is 1. The van der Waals surface area contributed by atoms with Gasteiger partial charge in [0.1, 0.15) is 16.1 Å². The van der Waals surface area contributed by atoms with Gasteiger partial charge in [0.2, 0.25) is 0 Å². The number of aryl methyl sites for hydroxylation is 1. The van der Waals surface area contributed by atoms with Gasteiger partial charge < -0.3 is 4.74 Å². The van der Waals surface area contributed by atoms with Crippen LogP contribution < -0.4 is 10.1 Å². The highest BCUT2D eigenvalue weighted by Crippen LogP contribution is 2.33. The van der Waals surface area contributed by atoms with E-state index in [-0.39, 0.29) is 5.91 Å². The van der Waals surface area contributed by atoms with Crippen molar-refractivity contribution in [2.24, 2.45) is 0 Å². The molecular weight excluding hydrogens is 460 g/mol. The second-order valence-corrected chi connectivity index (χ2v) is 8.63. The van der Waals surface area contributed by atoms with Crippen molar-refractivity contribution in [1.29, 1.82) is 5.26 Å². The lowest BCUT2D eigenvalue weighted by Gasteiger charge is -2.11. The molecule has 35 heavy (non-hydrogen) atoms. The number of pyridine rings is 1. The van der Waals surface area contributed by atoms with Gasteiger partial charge in [0, 0.05) is 16.7 Å². The first-order valence-electron chi connectivity index (χ1n) is 10.6. The molecule has 3 aromatic heterocycles. The number of anilines is 1. The maximum absolute atomic E-state index is 13.2. The molecule has 0 saturated carbocycles. The van der Waals surface area contributed by atoms with Gasteiger partial charge in [-0.05, 0) is 42.8 Å². The Labute approximate surface area is 204 Å². The first kappa shape index (κ1) is 22.1. The average molecular weight is 479 g/mol. The highest BCUT2D eigenvalue weighted by atomic mass is 32.1. The summed E-state index contributed by atoms with van der Waals surface area (Å²) >= 11 is 1.28. The van der Waals surface area contributed by atoms with Crippen LogP contribution in [0.4, 0.5) is 5.13 Å². The van der Waals surface area contributed by atoms with Crippen LogP contribution in [0.5, 0.6) is 5.75 Å². The minimum absolute atomic E-state index is 0.352. The minimum atomic E-state index is -0.358. The van der Waals surface area contributed by atoms with Crippen molar-refractivity contribution >= 4 is 32.7 Å². The van der Waals surface area contributed by atoms with Crippen LogP contribution in [-0.4, -0.2) is 33.2 Å². The van der Waals surface area contributed by atoms with Crippen molar-refractivity contribution in [3.8, 4) is 34.2 Å². The van der Waals surface area contributed by atoms with Crippen LogP contribution in [0.15, 0.2) is 67.0 Å². The van der Waals surface area contributed by atoms with Crippen LogP contribution in [0, 0.1) is 18.3 Å². The summed E-state index contributed by atoms with van der Waals surface area (Å²) in [6.45, 7) is 1.95. The monoisotopic (exact) mass is 478 g/mol. The summed E-state index contributed by atoms with van der Waals surface area (Å²) in [5.41, 5.74) is 5.66. The topological polar surface area (TPSA) is 114 Å². The van der Waals surface area contributed by atoms with Gasteiger partial charge in [-0.1, -0.05) is 35.6 Å². The van der Waals surface area contributed by atoms with E-state index in [1.165, 1.54) is 17.5 Å². The van der Waals surface area contributed by atoms with Crippen LogP contribution in [0.1, 0.15) is 21.5 Å². The van der Waals surface area contributed by atoms with E-state index in [1.807, 2.05) is 55.5 Å². The molecule has 0 fully saturated rings. The number of benzene rings is 2. The highest BCUT2D eigenvalue weighted by molar-refractivity contribution is 7.22. The largest absolute Gasteiger partial charge is 0.496 e. The molecule has 0 saturated heterocycles. The van der Waals surface area contributed by atoms with Gasteiger partial charge in [0.25, 0.3) is 5.91 Å². The summed E-state index contributed by atoms with van der Waals surface area (Å²) in [4.78, 5) is 23.1. The SMILES string of the molecule is COc1ccccc1-c1cnncc1C(=O)Nc1nc2ccc(-c3ccc(C#N)cc3C)nc2s1. The summed E-state index contributed by atoms with van der Waals surface area (Å²) < 4.78 is 5.45. The number of carbonyl (C=O) groups excluding carboxylic acids is 1. The summed E-state index contributed by atoms with van der Waals surface area (Å²) in [6.07, 6.45) is 2.97. The van der Waals surface area contributed by atoms with Gasteiger partial charge in [-0.15, -0.1) is 0 Å². The molecule has 3 heterocycles. The van der Waals surface area contributed by atoms with E-state index in [2.05, 4.69) is 26.6 Å². The van der Waals surface area contributed by atoms with E-state index >= 15 is 0 Å². The molecule has 0 aliphatic heterocycles. The van der Waals surface area contributed by atoms with E-state index in [4.69, 9.17) is 15.0 Å². The second kappa shape index (κ2) is 9.29. The minimum Gasteiger partial charge on any atom is -0.496 e. The Kier molecular flexibility index (Phi) is 5.87. The number of aromatic nitrogens is 4. The third kappa shape index (κ3) is 4.30. The number of ether oxygens (including phenoxy) is 1. The molecule has 5 aromatic rings. The van der Waals surface area contributed by atoms with Crippen molar-refractivity contribution in [3.05, 3.63) is 83.7 Å². The number of para-hydroxylation sites is 1. The lowest BCUT2D eigenvalue weighted by molar-refractivity contribution is 0.102. The van der Waals surface area contributed by atoms with Crippen molar-refractivity contribution < 1.29 is 9.53 Å². The molecule has 0 atom stereocenters. The average Bonchev–Trinajstić information content (AvgIpc) is 3.30. The summed E-state index contributed by atoms with van der Waals surface area (Å²) in [6, 6.07) is 18.8. The number of rotatable bonds is 5. The van der Waals surface area contributed by atoms with Gasteiger partial charge in [0.15, 0.2) is 5.13 Å². The summed E-state index contributed by atoms with van der Waals surface area (Å²) in [5.74, 6) is 0.271. The Morgan fingerprint density at radius 1 is 1.00 bits per heavy atom. The van der Waals surface area contributed by atoms with Gasteiger partial charge in [-0.25, -0.2) is 9.97 Å². The van der Waals surface area contributed by atoms with Crippen LogP contribution in [-0.2, 0) is 0 Å². The number of methoxy groups -OCH3 is 1. The standard InChI is InChI=1S/C26H18N6O2S/c1-15-11-16(12-27)7-8-17(15)21-9-10-22-25(30-21)35-26(31-22)32-24(33)20-14-29-28-13-19(20)18-5-3-4-6-23(18)34-2/h3-11,13-14H,1-2H3,(H,31,32,33). The Hall–Kier alpha value is -4.68. The van der Waals surface area contributed by atoms with Crippen molar-refractivity contribution in [2.75, 3.05) is 12.4 Å². The molecule has 0 unspecified atom stereocenters. The predicted octanol–water partition coefficient (Wildman–Crippen LogP) is 5.26. The Bertz CT molecular complexity index is 1620. The third-order valence-corrected chi connectivity index (χ3v) is 6.36. The molecule has 9 heteroatoms. The van der Waals surface area contributed by atoms with E-state index in [9.17, 15) is 4.79 Å². The van der Waals surface area contributed by atoms with Gasteiger partial charge in [-0.3, -0.25) is 10.1 Å². The zero-order valence-electron chi connectivity index (χ0n) is 18.8. The van der Waals surface area contributed by atoms with E-state index in [0.29, 0.717) is 37.9 Å². The number of thiazole rings is 1. The van der Waals surface area contributed by atoms with E-state index in [1.54, 1.807) is 19.4 Å². The molecular formula is C26H18N6O2S. The number of carbonyl (C=O) groups is 1. The first-order valence-corrected chi connectivity index (χ1v) is 11.4. The number of fused-ring (bicyclic) bond motifs is 1. The van der Waals surface area contributed by atoms with Crippen molar-refractivity contribution in [2.45, 2.75) is 6.92 Å². The van der Waals surface area contributed by atoms with Gasteiger partial charge >= 0.3 is 0 Å². The van der Waals surface area contributed by atoms with E-state index in [0.717, 1.165) is 22.4 Å². The molecule has 8 nitrogen and oxygen atoms in total. The second-order valence-electron chi connectivity index (χ2n) is 7.65. The molecule has 0 aliphatic carbocycles. The zero-order chi connectivity index (χ0) is 24.4. The van der Waals surface area contributed by atoms with Crippen LogP contribution in [0.25, 0.3) is 32.7 Å². The van der Waals surface area contributed by atoms with Crippen molar-refractivity contribution in [3.63, 3.8) is 0 Å². The molecule has 5 rings (SSSR count). The fraction of sp³-hybridized carbons (Fsp3) is 0.0769. The molecule has 170 valence electrons. The fourth-order valence-corrected chi connectivity index (χ4v) is 4.62. The Morgan fingerprint density at radius 2 is 1.83 bits per heavy atom. The first-order chi connectivity index (χ1) is 17.1. The van der Waals surface area contributed by atoms with Crippen molar-refractivity contribution in [1.82, 2.24) is 20.2 Å². The summed E-state index contributed by atoms with van der Waals surface area (Å²) in [5, 5.41) is 20.2. The molecule has 2 aromatic carbocycles. The predicted molar refractivity (Wildman–Crippen MR) is 134 cm³/mol. The lowest BCUT2D eigenvalue weighted by atomic mass is 10.0. The Balaban J connectivity index is 1.45. The van der Waals surface area contributed by atoms with Crippen LogP contribution >= 0.6 is 11.3 Å². The Morgan fingerprint density at radius 3 is 2.63 bits per heavy atom. The number of amides is 1. The molecule has 1 N–H and O–H groups in total. The maximum Gasteiger partial charge on any atom is 0.259 e. The van der Waals surface area contributed by atoms with Crippen LogP contribution in [0.3, 0.4) is 0 Å². The van der Waals surface area contributed by atoms with Gasteiger partial charge in [-0.2, -0.15) is 15.5 Å². The highest BCUT2D eigenvalue weighted by Gasteiger charge is 2.18. The lowest BCUT2D eigenvalue weighted by Crippen LogP contribution is -2.14. The molecule has 0 radical (unpaired) electrons. The van der Waals surface area contributed by atoms with Crippen LogP contribution in [0.2, 0.25) is 0 Å². The zero-order valence-corrected chi connectivity index (χ0v) is 19.6.